The lowest BCUT2D eigenvalue weighted by Crippen LogP contribution is -2.10. The summed E-state index contributed by atoms with van der Waals surface area (Å²) in [5, 5.41) is 8.43. The molecule has 4 heteroatoms. The summed E-state index contributed by atoms with van der Waals surface area (Å²) in [6.45, 7) is 3.72. The van der Waals surface area contributed by atoms with E-state index in [4.69, 9.17) is 9.68 Å². The monoisotopic (exact) mass is 178 g/mol. The molecule has 0 saturated heterocycles. The summed E-state index contributed by atoms with van der Waals surface area (Å²) in [6.07, 6.45) is 2.00. The zero-order valence-electron chi connectivity index (χ0n) is 7.57. The number of rotatable bonds is 3. The van der Waals surface area contributed by atoms with Crippen LogP contribution in [0.2, 0.25) is 0 Å². The standard InChI is InChI=1S/C9H10N2O2/c1-3-6(2)8(12)9-11-5-7(4-10)13-9/h5-6H,3H2,1-2H3. The minimum absolute atomic E-state index is 0.0332. The number of ketones is 1. The molecule has 1 rings (SSSR count). The Morgan fingerprint density at radius 1 is 1.85 bits per heavy atom. The summed E-state index contributed by atoms with van der Waals surface area (Å²) in [6, 6.07) is 1.78. The van der Waals surface area contributed by atoms with Gasteiger partial charge in [0.15, 0.2) is 0 Å². The lowest BCUT2D eigenvalue weighted by Gasteiger charge is -2.01. The molecule has 0 N–H and O–H groups in total. The van der Waals surface area contributed by atoms with Crippen molar-refractivity contribution < 1.29 is 9.21 Å². The first-order chi connectivity index (χ1) is 6.19. The average Bonchev–Trinajstić information content (AvgIpc) is 2.63. The first-order valence-corrected chi connectivity index (χ1v) is 4.09. The van der Waals surface area contributed by atoms with Crippen LogP contribution in [0.1, 0.15) is 36.7 Å². The fraction of sp³-hybridized carbons (Fsp3) is 0.444. The number of nitriles is 1. The first-order valence-electron chi connectivity index (χ1n) is 4.09. The maximum Gasteiger partial charge on any atom is 0.264 e. The van der Waals surface area contributed by atoms with Gasteiger partial charge in [0.1, 0.15) is 6.07 Å². The van der Waals surface area contributed by atoms with Gasteiger partial charge in [-0.25, -0.2) is 4.98 Å². The molecule has 0 amide bonds. The van der Waals surface area contributed by atoms with Crippen molar-refractivity contribution in [1.29, 1.82) is 5.26 Å². The topological polar surface area (TPSA) is 66.9 Å². The summed E-state index contributed by atoms with van der Waals surface area (Å²) in [5.41, 5.74) is 0. The van der Waals surface area contributed by atoms with Gasteiger partial charge in [-0.05, 0) is 6.42 Å². The highest BCUT2D eigenvalue weighted by Gasteiger charge is 2.18. The molecular formula is C9H10N2O2. The molecule has 0 fully saturated rings. The van der Waals surface area contributed by atoms with Gasteiger partial charge in [0.25, 0.3) is 5.89 Å². The molecule has 0 aliphatic rings. The van der Waals surface area contributed by atoms with Crippen LogP contribution in [0.3, 0.4) is 0 Å². The molecule has 1 atom stereocenters. The van der Waals surface area contributed by atoms with Gasteiger partial charge in [-0.3, -0.25) is 4.79 Å². The van der Waals surface area contributed by atoms with E-state index in [1.54, 1.807) is 13.0 Å². The van der Waals surface area contributed by atoms with Crippen LogP contribution in [-0.2, 0) is 0 Å². The minimum Gasteiger partial charge on any atom is -0.423 e. The van der Waals surface area contributed by atoms with Crippen molar-refractivity contribution in [3.05, 3.63) is 17.8 Å². The smallest absolute Gasteiger partial charge is 0.264 e. The van der Waals surface area contributed by atoms with E-state index in [1.165, 1.54) is 6.20 Å². The third kappa shape index (κ3) is 1.94. The Bertz CT molecular complexity index is 349. The second kappa shape index (κ2) is 3.85. The first kappa shape index (κ1) is 9.46. The fourth-order valence-corrected chi connectivity index (χ4v) is 0.836. The Hall–Kier alpha value is -1.63. The SMILES string of the molecule is CCC(C)C(=O)c1ncc(C#N)o1. The van der Waals surface area contributed by atoms with Gasteiger partial charge in [0.05, 0.1) is 6.20 Å². The van der Waals surface area contributed by atoms with Crippen LogP contribution >= 0.6 is 0 Å². The molecule has 1 aromatic heterocycles. The number of Topliss-reactive ketones (excluding diaryl/α,β-unsaturated/α-hetero) is 1. The Morgan fingerprint density at radius 3 is 3.00 bits per heavy atom. The van der Waals surface area contributed by atoms with Crippen molar-refractivity contribution in [3.63, 3.8) is 0 Å². The molecule has 1 heterocycles. The van der Waals surface area contributed by atoms with Crippen LogP contribution in [0, 0.1) is 17.2 Å². The molecule has 0 aromatic carbocycles. The lowest BCUT2D eigenvalue weighted by atomic mass is 10.0. The predicted molar refractivity (Wildman–Crippen MR) is 45.0 cm³/mol. The van der Waals surface area contributed by atoms with Crippen molar-refractivity contribution in [2.24, 2.45) is 5.92 Å². The second-order valence-electron chi connectivity index (χ2n) is 2.82. The zero-order chi connectivity index (χ0) is 9.84. The highest BCUT2D eigenvalue weighted by molar-refractivity contribution is 5.93. The van der Waals surface area contributed by atoms with Gasteiger partial charge in [-0.2, -0.15) is 5.26 Å². The molecule has 0 bridgehead atoms. The van der Waals surface area contributed by atoms with E-state index < -0.39 is 0 Å². The molecule has 0 saturated carbocycles. The van der Waals surface area contributed by atoms with E-state index in [9.17, 15) is 4.79 Å². The highest BCUT2D eigenvalue weighted by atomic mass is 16.4. The Balaban J connectivity index is 2.84. The number of oxazole rings is 1. The molecule has 4 nitrogen and oxygen atoms in total. The van der Waals surface area contributed by atoms with Gasteiger partial charge in [-0.1, -0.05) is 13.8 Å². The minimum atomic E-state index is -0.149. The maximum atomic E-state index is 11.4. The largest absolute Gasteiger partial charge is 0.423 e. The zero-order valence-corrected chi connectivity index (χ0v) is 7.57. The third-order valence-electron chi connectivity index (χ3n) is 1.89. The molecule has 0 spiro atoms. The van der Waals surface area contributed by atoms with Gasteiger partial charge in [-0.15, -0.1) is 0 Å². The van der Waals surface area contributed by atoms with Crippen molar-refractivity contribution >= 4 is 5.78 Å². The summed E-state index contributed by atoms with van der Waals surface area (Å²) < 4.78 is 4.90. The van der Waals surface area contributed by atoms with Crippen LogP contribution in [-0.4, -0.2) is 10.8 Å². The van der Waals surface area contributed by atoms with Crippen molar-refractivity contribution in [3.8, 4) is 6.07 Å². The Labute approximate surface area is 76.2 Å². The summed E-state index contributed by atoms with van der Waals surface area (Å²) in [4.78, 5) is 15.2. The quantitative estimate of drug-likeness (QED) is 0.661. The molecule has 68 valence electrons. The summed E-state index contributed by atoms with van der Waals surface area (Å²) >= 11 is 0. The van der Waals surface area contributed by atoms with Gasteiger partial charge >= 0.3 is 0 Å². The molecule has 0 aliphatic heterocycles. The van der Waals surface area contributed by atoms with Crippen molar-refractivity contribution in [1.82, 2.24) is 4.98 Å². The highest BCUT2D eigenvalue weighted by Crippen LogP contribution is 2.11. The number of hydrogen-bond donors (Lipinski definition) is 0. The van der Waals surface area contributed by atoms with Gasteiger partial charge in [0, 0.05) is 5.92 Å². The van der Waals surface area contributed by atoms with E-state index in [2.05, 4.69) is 4.98 Å². The molecule has 0 radical (unpaired) electrons. The van der Waals surface area contributed by atoms with Crippen LogP contribution in [0.5, 0.6) is 0 Å². The third-order valence-corrected chi connectivity index (χ3v) is 1.89. The number of hydrogen-bond acceptors (Lipinski definition) is 4. The van der Waals surface area contributed by atoms with Gasteiger partial charge < -0.3 is 4.42 Å². The summed E-state index contributed by atoms with van der Waals surface area (Å²) in [5.74, 6) is -0.147. The van der Waals surface area contributed by atoms with E-state index in [-0.39, 0.29) is 23.4 Å². The van der Waals surface area contributed by atoms with E-state index >= 15 is 0 Å². The van der Waals surface area contributed by atoms with Crippen LogP contribution in [0.15, 0.2) is 10.6 Å². The summed E-state index contributed by atoms with van der Waals surface area (Å²) in [7, 11) is 0. The number of carbonyl (C=O) groups is 1. The molecule has 1 aromatic rings. The van der Waals surface area contributed by atoms with Crippen LogP contribution in [0.25, 0.3) is 0 Å². The second-order valence-corrected chi connectivity index (χ2v) is 2.82. The maximum absolute atomic E-state index is 11.4. The normalized spacial score (nSPS) is 12.1. The average molecular weight is 178 g/mol. The number of aromatic nitrogens is 1. The van der Waals surface area contributed by atoms with E-state index in [0.29, 0.717) is 0 Å². The van der Waals surface area contributed by atoms with E-state index in [0.717, 1.165) is 6.42 Å². The fourth-order valence-electron chi connectivity index (χ4n) is 0.836. The van der Waals surface area contributed by atoms with Crippen molar-refractivity contribution in [2.75, 3.05) is 0 Å². The number of nitrogens with zero attached hydrogens (tertiary/aromatic N) is 2. The van der Waals surface area contributed by atoms with Crippen LogP contribution < -0.4 is 0 Å². The molecule has 13 heavy (non-hydrogen) atoms. The Morgan fingerprint density at radius 2 is 2.54 bits per heavy atom. The lowest BCUT2D eigenvalue weighted by molar-refractivity contribution is 0.0891. The van der Waals surface area contributed by atoms with E-state index in [1.807, 2.05) is 6.92 Å². The molecule has 1 unspecified atom stereocenters. The predicted octanol–water partition coefficient (Wildman–Crippen LogP) is 1.78. The number of carbonyl (C=O) groups excluding carboxylic acids is 1. The van der Waals surface area contributed by atoms with Crippen molar-refractivity contribution in [2.45, 2.75) is 20.3 Å². The van der Waals surface area contributed by atoms with Crippen LogP contribution in [0.4, 0.5) is 0 Å². The Kier molecular flexibility index (Phi) is 2.80. The molecule has 0 aliphatic carbocycles. The molecular weight excluding hydrogens is 168 g/mol. The van der Waals surface area contributed by atoms with Gasteiger partial charge in [0.2, 0.25) is 11.5 Å².